The van der Waals surface area contributed by atoms with Crippen LogP contribution in [0.2, 0.25) is 5.02 Å². The van der Waals surface area contributed by atoms with E-state index in [2.05, 4.69) is 10.3 Å². The molecule has 0 saturated carbocycles. The number of ether oxygens (including phenoxy) is 2. The van der Waals surface area contributed by atoms with Gasteiger partial charge in [0, 0.05) is 35.9 Å². The van der Waals surface area contributed by atoms with Crippen molar-refractivity contribution in [3.05, 3.63) is 99.1 Å². The Morgan fingerprint density at radius 3 is 2.57 bits per heavy atom. The maximum atomic E-state index is 14.8. The van der Waals surface area contributed by atoms with E-state index < -0.39 is 23.1 Å². The van der Waals surface area contributed by atoms with Crippen LogP contribution in [0, 0.1) is 18.6 Å². The van der Waals surface area contributed by atoms with E-state index in [1.165, 1.54) is 59.4 Å². The van der Waals surface area contributed by atoms with Gasteiger partial charge in [0.2, 0.25) is 0 Å². The van der Waals surface area contributed by atoms with E-state index in [0.29, 0.717) is 11.3 Å². The summed E-state index contributed by atoms with van der Waals surface area (Å²) < 4.78 is 40.7. The summed E-state index contributed by atoms with van der Waals surface area (Å²) in [4.78, 5) is 30.2. The molecule has 0 aliphatic heterocycles. The number of aromatic nitrogens is 2. The van der Waals surface area contributed by atoms with E-state index in [0.717, 1.165) is 6.07 Å². The quantitative estimate of drug-likeness (QED) is 0.329. The summed E-state index contributed by atoms with van der Waals surface area (Å²) in [5, 5.41) is 2.53. The second-order valence-corrected chi connectivity index (χ2v) is 8.18. The largest absolute Gasteiger partial charge is 0.493 e. The van der Waals surface area contributed by atoms with Gasteiger partial charge in [-0.2, -0.15) is 0 Å². The molecule has 2 aromatic carbocycles. The summed E-state index contributed by atoms with van der Waals surface area (Å²) >= 11 is 6.04. The van der Waals surface area contributed by atoms with Crippen molar-refractivity contribution in [3.63, 3.8) is 0 Å². The summed E-state index contributed by atoms with van der Waals surface area (Å²) in [5.41, 5.74) is 5.40. The van der Waals surface area contributed by atoms with Gasteiger partial charge < -0.3 is 20.5 Å². The molecule has 1 amide bonds. The molecule has 0 fully saturated rings. The van der Waals surface area contributed by atoms with Gasteiger partial charge in [0.05, 0.1) is 6.61 Å². The molecule has 0 aliphatic carbocycles. The molecule has 8 nitrogen and oxygen atoms in total. The van der Waals surface area contributed by atoms with Crippen LogP contribution in [-0.4, -0.2) is 22.1 Å². The molecule has 190 valence electrons. The van der Waals surface area contributed by atoms with E-state index >= 15 is 0 Å². The first kappa shape index (κ1) is 25.6. The van der Waals surface area contributed by atoms with E-state index in [1.807, 2.05) is 0 Å². The Morgan fingerprint density at radius 1 is 1.08 bits per heavy atom. The van der Waals surface area contributed by atoms with Crippen LogP contribution in [-0.2, 0) is 0 Å². The lowest BCUT2D eigenvalue weighted by Gasteiger charge is -2.14. The topological polar surface area (TPSA) is 108 Å². The van der Waals surface area contributed by atoms with Gasteiger partial charge in [-0.3, -0.25) is 14.2 Å². The van der Waals surface area contributed by atoms with Crippen molar-refractivity contribution in [2.75, 3.05) is 17.7 Å². The van der Waals surface area contributed by atoms with Crippen molar-refractivity contribution in [2.45, 2.75) is 13.8 Å². The first-order valence-corrected chi connectivity index (χ1v) is 11.4. The zero-order valence-electron chi connectivity index (χ0n) is 19.7. The molecular formula is C26H21ClF2N4O4. The van der Waals surface area contributed by atoms with Crippen molar-refractivity contribution in [1.82, 2.24) is 9.55 Å². The summed E-state index contributed by atoms with van der Waals surface area (Å²) in [6.45, 7) is 3.46. The van der Waals surface area contributed by atoms with E-state index in [-0.39, 0.29) is 45.9 Å². The maximum Gasteiger partial charge on any atom is 0.271 e. The number of nitrogens with zero attached hydrogens (tertiary/aromatic N) is 2. The number of carbonyl (C=O) groups excluding carboxylic acids is 1. The smallest absolute Gasteiger partial charge is 0.271 e. The predicted octanol–water partition coefficient (Wildman–Crippen LogP) is 5.50. The van der Waals surface area contributed by atoms with E-state index in [9.17, 15) is 18.4 Å². The van der Waals surface area contributed by atoms with Gasteiger partial charge in [-0.1, -0.05) is 11.6 Å². The van der Waals surface area contributed by atoms with Crippen molar-refractivity contribution in [1.29, 1.82) is 0 Å². The highest BCUT2D eigenvalue weighted by atomic mass is 35.5. The summed E-state index contributed by atoms with van der Waals surface area (Å²) in [6, 6.07) is 10.7. The second-order valence-electron chi connectivity index (χ2n) is 7.81. The molecule has 2 heterocycles. The summed E-state index contributed by atoms with van der Waals surface area (Å²) in [7, 11) is 0. The van der Waals surface area contributed by atoms with Crippen LogP contribution in [0.25, 0.3) is 5.69 Å². The molecule has 0 spiro atoms. The van der Waals surface area contributed by atoms with Crippen LogP contribution in [0.3, 0.4) is 0 Å². The van der Waals surface area contributed by atoms with Crippen molar-refractivity contribution >= 4 is 29.0 Å². The molecule has 0 radical (unpaired) electrons. The first-order chi connectivity index (χ1) is 17.7. The van der Waals surface area contributed by atoms with Crippen LogP contribution in [0.4, 0.5) is 20.3 Å². The standard InChI is InChI=1S/C26H21ClF2N4O4/c1-3-36-20-9-11-33(16-5-6-17(28)14(2)12-16)26(35)22(20)25(34)32-15-4-7-19(18(29)13-15)37-21-8-10-31-24(30)23(21)27/h4-13H,3H2,1-2H3,(H2,30,31)(H,32,34). The molecule has 0 bridgehead atoms. The number of nitrogen functional groups attached to an aromatic ring is 1. The van der Waals surface area contributed by atoms with Crippen molar-refractivity contribution in [2.24, 2.45) is 0 Å². The molecule has 11 heteroatoms. The minimum atomic E-state index is -0.820. The van der Waals surface area contributed by atoms with Gasteiger partial charge in [0.25, 0.3) is 11.5 Å². The van der Waals surface area contributed by atoms with Gasteiger partial charge in [-0.25, -0.2) is 13.8 Å². The molecule has 3 N–H and O–H groups in total. The number of carbonyl (C=O) groups is 1. The number of anilines is 2. The van der Waals surface area contributed by atoms with Gasteiger partial charge in [0.15, 0.2) is 17.3 Å². The zero-order valence-corrected chi connectivity index (χ0v) is 20.5. The lowest BCUT2D eigenvalue weighted by atomic mass is 10.1. The Bertz CT molecular complexity index is 1560. The Kier molecular flexibility index (Phi) is 7.40. The molecule has 0 unspecified atom stereocenters. The number of nitrogens with two attached hydrogens (primary N) is 1. The normalized spacial score (nSPS) is 10.7. The maximum absolute atomic E-state index is 14.8. The summed E-state index contributed by atoms with van der Waals surface area (Å²) in [5.74, 6) is -2.05. The highest BCUT2D eigenvalue weighted by molar-refractivity contribution is 6.34. The zero-order chi connectivity index (χ0) is 26.7. The SMILES string of the molecule is CCOc1ccn(-c2ccc(F)c(C)c2)c(=O)c1C(=O)Nc1ccc(Oc2ccnc(N)c2Cl)c(F)c1. The number of nitrogens with one attached hydrogen (secondary N) is 1. The molecule has 4 aromatic rings. The highest BCUT2D eigenvalue weighted by Crippen LogP contribution is 2.34. The fraction of sp³-hybridized carbons (Fsp3) is 0.115. The lowest BCUT2D eigenvalue weighted by Crippen LogP contribution is -2.29. The number of halogens is 3. The average molecular weight is 527 g/mol. The van der Waals surface area contributed by atoms with E-state index in [1.54, 1.807) is 13.8 Å². The number of aryl methyl sites for hydroxylation is 1. The van der Waals surface area contributed by atoms with Crippen LogP contribution >= 0.6 is 11.6 Å². The van der Waals surface area contributed by atoms with Gasteiger partial charge in [0.1, 0.15) is 28.0 Å². The van der Waals surface area contributed by atoms with Crippen molar-refractivity contribution < 1.29 is 23.0 Å². The number of amides is 1. The number of hydrogen-bond donors (Lipinski definition) is 2. The van der Waals surface area contributed by atoms with Crippen LogP contribution in [0.15, 0.2) is 65.7 Å². The van der Waals surface area contributed by atoms with Gasteiger partial charge >= 0.3 is 0 Å². The van der Waals surface area contributed by atoms with Crippen LogP contribution < -0.4 is 26.1 Å². The minimum Gasteiger partial charge on any atom is -0.493 e. The Hall–Kier alpha value is -4.44. The number of hydrogen-bond acceptors (Lipinski definition) is 6. The molecule has 0 aliphatic rings. The molecular weight excluding hydrogens is 506 g/mol. The number of rotatable bonds is 7. The monoisotopic (exact) mass is 526 g/mol. The third-order valence-corrected chi connectivity index (χ3v) is 5.67. The fourth-order valence-corrected chi connectivity index (χ4v) is 3.63. The molecule has 0 atom stereocenters. The third-order valence-electron chi connectivity index (χ3n) is 5.29. The minimum absolute atomic E-state index is 0.0258. The predicted molar refractivity (Wildman–Crippen MR) is 136 cm³/mol. The molecule has 2 aromatic heterocycles. The lowest BCUT2D eigenvalue weighted by molar-refractivity contribution is 0.102. The second kappa shape index (κ2) is 10.7. The average Bonchev–Trinajstić information content (AvgIpc) is 2.85. The highest BCUT2D eigenvalue weighted by Gasteiger charge is 2.21. The summed E-state index contributed by atoms with van der Waals surface area (Å²) in [6.07, 6.45) is 2.79. The van der Waals surface area contributed by atoms with Crippen LogP contribution in [0.1, 0.15) is 22.8 Å². The Labute approximate surface area is 215 Å². The van der Waals surface area contributed by atoms with Crippen LogP contribution in [0.5, 0.6) is 17.2 Å². The van der Waals surface area contributed by atoms with Gasteiger partial charge in [-0.15, -0.1) is 0 Å². The Balaban J connectivity index is 1.64. The fourth-order valence-electron chi connectivity index (χ4n) is 3.48. The molecule has 0 saturated heterocycles. The Morgan fingerprint density at radius 2 is 1.86 bits per heavy atom. The van der Waals surface area contributed by atoms with Gasteiger partial charge in [-0.05, 0) is 55.8 Å². The van der Waals surface area contributed by atoms with E-state index in [4.69, 9.17) is 26.8 Å². The molecule has 37 heavy (non-hydrogen) atoms. The molecule has 4 rings (SSSR count). The number of pyridine rings is 2. The third kappa shape index (κ3) is 5.39. The number of benzene rings is 2. The first-order valence-electron chi connectivity index (χ1n) is 11.0. The van der Waals surface area contributed by atoms with Crippen molar-refractivity contribution in [3.8, 4) is 22.9 Å².